The Hall–Kier alpha value is -0.410. The lowest BCUT2D eigenvalue weighted by Crippen LogP contribution is -2.43. The van der Waals surface area contributed by atoms with Gasteiger partial charge in [0.05, 0.1) is 6.04 Å². The standard InChI is InChI=1S/C12H22N2O/c1-2-10-5-6-13-12(10)8-14-7-3-4-11(14)9-15/h9-13H,2-8H2,1H3/t10-,11-,12+/m0/s1. The van der Waals surface area contributed by atoms with Crippen LogP contribution in [0.1, 0.15) is 32.6 Å². The van der Waals surface area contributed by atoms with Crippen molar-refractivity contribution < 1.29 is 4.79 Å². The fourth-order valence-corrected chi connectivity index (χ4v) is 3.01. The molecule has 0 aliphatic carbocycles. The van der Waals surface area contributed by atoms with Crippen LogP contribution < -0.4 is 5.32 Å². The number of hydrogen-bond donors (Lipinski definition) is 1. The predicted molar refractivity (Wildman–Crippen MR) is 60.8 cm³/mol. The molecule has 3 nitrogen and oxygen atoms in total. The largest absolute Gasteiger partial charge is 0.312 e. The highest BCUT2D eigenvalue weighted by atomic mass is 16.1. The zero-order chi connectivity index (χ0) is 10.7. The fourth-order valence-electron chi connectivity index (χ4n) is 3.01. The zero-order valence-electron chi connectivity index (χ0n) is 9.61. The van der Waals surface area contributed by atoms with Gasteiger partial charge in [0.25, 0.3) is 0 Å². The van der Waals surface area contributed by atoms with E-state index in [1.54, 1.807) is 0 Å². The molecule has 1 N–H and O–H groups in total. The Bertz CT molecular complexity index is 220. The maximum Gasteiger partial charge on any atom is 0.137 e. The van der Waals surface area contributed by atoms with Crippen LogP contribution in [0.5, 0.6) is 0 Å². The molecule has 0 bridgehead atoms. The SMILES string of the molecule is CC[C@H]1CCN[C@@H]1CN1CCC[C@H]1C=O. The number of nitrogens with one attached hydrogen (secondary N) is 1. The number of likely N-dealkylation sites (tertiary alicyclic amines) is 1. The number of carbonyl (C=O) groups is 1. The Labute approximate surface area is 92.2 Å². The van der Waals surface area contributed by atoms with E-state index in [2.05, 4.69) is 17.1 Å². The minimum atomic E-state index is 0.199. The topological polar surface area (TPSA) is 32.3 Å². The molecule has 86 valence electrons. The molecule has 0 amide bonds. The van der Waals surface area contributed by atoms with Gasteiger partial charge in [0.15, 0.2) is 0 Å². The Morgan fingerprint density at radius 3 is 3.07 bits per heavy atom. The molecule has 0 aromatic rings. The molecule has 3 atom stereocenters. The summed E-state index contributed by atoms with van der Waals surface area (Å²) in [4.78, 5) is 13.2. The van der Waals surface area contributed by atoms with Crippen LogP contribution in [0.15, 0.2) is 0 Å². The average Bonchev–Trinajstić information content (AvgIpc) is 2.87. The summed E-state index contributed by atoms with van der Waals surface area (Å²) in [5, 5.41) is 3.57. The molecule has 0 aromatic carbocycles. The molecular weight excluding hydrogens is 188 g/mol. The van der Waals surface area contributed by atoms with Crippen LogP contribution in [-0.2, 0) is 4.79 Å². The van der Waals surface area contributed by atoms with Crippen molar-refractivity contribution >= 4 is 6.29 Å². The minimum Gasteiger partial charge on any atom is -0.312 e. The average molecular weight is 210 g/mol. The van der Waals surface area contributed by atoms with Crippen LogP contribution in [-0.4, -0.2) is 42.9 Å². The summed E-state index contributed by atoms with van der Waals surface area (Å²) in [5.41, 5.74) is 0. The number of nitrogens with zero attached hydrogens (tertiary/aromatic N) is 1. The maximum atomic E-state index is 10.9. The molecule has 15 heavy (non-hydrogen) atoms. The van der Waals surface area contributed by atoms with Gasteiger partial charge >= 0.3 is 0 Å². The van der Waals surface area contributed by atoms with Crippen molar-refractivity contribution in [2.75, 3.05) is 19.6 Å². The number of aldehydes is 1. The maximum absolute atomic E-state index is 10.9. The second-order valence-corrected chi connectivity index (χ2v) is 4.86. The van der Waals surface area contributed by atoms with Crippen LogP contribution in [0.2, 0.25) is 0 Å². The first-order chi connectivity index (χ1) is 7.35. The van der Waals surface area contributed by atoms with Gasteiger partial charge in [0.1, 0.15) is 6.29 Å². The van der Waals surface area contributed by atoms with E-state index < -0.39 is 0 Å². The van der Waals surface area contributed by atoms with Crippen LogP contribution >= 0.6 is 0 Å². The number of carbonyl (C=O) groups excluding carboxylic acids is 1. The van der Waals surface area contributed by atoms with Gasteiger partial charge in [-0.1, -0.05) is 13.3 Å². The lowest BCUT2D eigenvalue weighted by molar-refractivity contribution is -0.111. The van der Waals surface area contributed by atoms with Gasteiger partial charge in [-0.2, -0.15) is 0 Å². The summed E-state index contributed by atoms with van der Waals surface area (Å²) in [6.45, 7) is 5.61. The van der Waals surface area contributed by atoms with Gasteiger partial charge in [0.2, 0.25) is 0 Å². The summed E-state index contributed by atoms with van der Waals surface area (Å²) in [6, 6.07) is 0.820. The van der Waals surface area contributed by atoms with Crippen LogP contribution in [0, 0.1) is 5.92 Å². The van der Waals surface area contributed by atoms with Crippen molar-refractivity contribution in [3.05, 3.63) is 0 Å². The lowest BCUT2D eigenvalue weighted by Gasteiger charge is -2.27. The van der Waals surface area contributed by atoms with Gasteiger partial charge in [-0.25, -0.2) is 0 Å². The summed E-state index contributed by atoms with van der Waals surface area (Å²) < 4.78 is 0. The molecule has 3 heteroatoms. The van der Waals surface area contributed by atoms with Gasteiger partial charge < -0.3 is 10.1 Å². The fraction of sp³-hybridized carbons (Fsp3) is 0.917. The van der Waals surface area contributed by atoms with E-state index in [9.17, 15) is 4.79 Å². The second kappa shape index (κ2) is 5.08. The molecule has 2 rings (SSSR count). The smallest absolute Gasteiger partial charge is 0.137 e. The quantitative estimate of drug-likeness (QED) is 0.704. The highest BCUT2D eigenvalue weighted by Crippen LogP contribution is 2.23. The predicted octanol–water partition coefficient (Wildman–Crippen LogP) is 1.04. The van der Waals surface area contributed by atoms with Crippen molar-refractivity contribution in [1.82, 2.24) is 10.2 Å². The third-order valence-electron chi connectivity index (χ3n) is 4.02. The molecule has 2 aliphatic heterocycles. The zero-order valence-corrected chi connectivity index (χ0v) is 9.61. The van der Waals surface area contributed by atoms with Gasteiger partial charge in [-0.3, -0.25) is 4.90 Å². The molecular formula is C12H22N2O. The highest BCUT2D eigenvalue weighted by Gasteiger charge is 2.31. The Kier molecular flexibility index (Phi) is 3.76. The molecule has 2 heterocycles. The second-order valence-electron chi connectivity index (χ2n) is 4.86. The van der Waals surface area contributed by atoms with Crippen molar-refractivity contribution in [1.29, 1.82) is 0 Å². The first-order valence-corrected chi connectivity index (χ1v) is 6.28. The van der Waals surface area contributed by atoms with E-state index in [1.165, 1.54) is 19.3 Å². The van der Waals surface area contributed by atoms with E-state index in [4.69, 9.17) is 0 Å². The van der Waals surface area contributed by atoms with Gasteiger partial charge in [-0.15, -0.1) is 0 Å². The van der Waals surface area contributed by atoms with Crippen LogP contribution in [0.4, 0.5) is 0 Å². The Morgan fingerprint density at radius 2 is 2.33 bits per heavy atom. The monoisotopic (exact) mass is 210 g/mol. The summed E-state index contributed by atoms with van der Waals surface area (Å²) in [7, 11) is 0. The summed E-state index contributed by atoms with van der Waals surface area (Å²) in [5.74, 6) is 0.818. The lowest BCUT2D eigenvalue weighted by atomic mass is 9.97. The van der Waals surface area contributed by atoms with Gasteiger partial charge in [0, 0.05) is 12.6 Å². The van der Waals surface area contributed by atoms with Crippen molar-refractivity contribution in [3.63, 3.8) is 0 Å². The summed E-state index contributed by atoms with van der Waals surface area (Å²) >= 11 is 0. The molecule has 2 fully saturated rings. The molecule has 0 radical (unpaired) electrons. The van der Waals surface area contributed by atoms with Crippen LogP contribution in [0.25, 0.3) is 0 Å². The summed E-state index contributed by atoms with van der Waals surface area (Å²) in [6.07, 6.45) is 5.95. The first kappa shape index (κ1) is 11.1. The Balaban J connectivity index is 1.87. The third-order valence-corrected chi connectivity index (χ3v) is 4.02. The van der Waals surface area contributed by atoms with Crippen molar-refractivity contribution in [3.8, 4) is 0 Å². The third kappa shape index (κ3) is 2.40. The highest BCUT2D eigenvalue weighted by molar-refractivity contribution is 5.58. The molecule has 0 unspecified atom stereocenters. The van der Waals surface area contributed by atoms with Crippen molar-refractivity contribution in [2.24, 2.45) is 5.92 Å². The van der Waals surface area contributed by atoms with Crippen LogP contribution in [0.3, 0.4) is 0 Å². The van der Waals surface area contributed by atoms with Gasteiger partial charge in [-0.05, 0) is 38.3 Å². The molecule has 0 aromatic heterocycles. The Morgan fingerprint density at radius 1 is 1.47 bits per heavy atom. The minimum absolute atomic E-state index is 0.199. The molecule has 0 saturated carbocycles. The normalized spacial score (nSPS) is 37.3. The number of hydrogen-bond acceptors (Lipinski definition) is 3. The molecule has 0 spiro atoms. The van der Waals surface area contributed by atoms with E-state index in [0.29, 0.717) is 6.04 Å². The molecule has 2 saturated heterocycles. The van der Waals surface area contributed by atoms with E-state index in [1.807, 2.05) is 0 Å². The first-order valence-electron chi connectivity index (χ1n) is 6.28. The number of rotatable bonds is 4. The van der Waals surface area contributed by atoms with E-state index >= 15 is 0 Å². The molecule has 2 aliphatic rings. The van der Waals surface area contributed by atoms with E-state index in [-0.39, 0.29) is 6.04 Å². The van der Waals surface area contributed by atoms with Crippen molar-refractivity contribution in [2.45, 2.75) is 44.7 Å². The van der Waals surface area contributed by atoms with E-state index in [0.717, 1.165) is 38.3 Å².